The maximum Gasteiger partial charge on any atom is 0.160 e. The van der Waals surface area contributed by atoms with Crippen LogP contribution < -0.4 is 0 Å². The lowest BCUT2D eigenvalue weighted by atomic mass is 9.80. The van der Waals surface area contributed by atoms with Crippen molar-refractivity contribution in [2.24, 2.45) is 0 Å². The highest BCUT2D eigenvalue weighted by Crippen LogP contribution is 2.57. The summed E-state index contributed by atoms with van der Waals surface area (Å²) in [5.41, 5.74) is 38.0. The predicted octanol–water partition coefficient (Wildman–Crippen LogP) is 36.6. The normalized spacial score (nSPS) is 13.3. The molecule has 0 atom stereocenters. The van der Waals surface area contributed by atoms with Crippen molar-refractivity contribution in [3.8, 4) is 134 Å². The summed E-state index contributed by atoms with van der Waals surface area (Å²) < 4.78 is 0. The number of hydrogen-bond acceptors (Lipinski definition) is 5. The van der Waals surface area contributed by atoms with Crippen LogP contribution in [0.15, 0.2) is 468 Å². The van der Waals surface area contributed by atoms with Gasteiger partial charge in [0.05, 0.1) is 22.4 Å². The number of fused-ring (bicyclic) bond motifs is 21. The average molecular weight is 1820 g/mol. The molecular formula is C138H95N5. The summed E-state index contributed by atoms with van der Waals surface area (Å²) in [4.78, 5) is 24.5. The van der Waals surface area contributed by atoms with Crippen molar-refractivity contribution < 1.29 is 0 Å². The van der Waals surface area contributed by atoms with E-state index in [4.69, 9.17) is 24.9 Å². The largest absolute Gasteiger partial charge is 0.256 e. The number of pyridine rings is 3. The van der Waals surface area contributed by atoms with Gasteiger partial charge in [-0.1, -0.05) is 399 Å². The van der Waals surface area contributed by atoms with Crippen LogP contribution in [0.2, 0.25) is 0 Å². The quantitative estimate of drug-likeness (QED) is 0.106. The Morgan fingerprint density at radius 2 is 0.441 bits per heavy atom. The van der Waals surface area contributed by atoms with Crippen LogP contribution in [0.3, 0.4) is 0 Å². The van der Waals surface area contributed by atoms with E-state index in [-0.39, 0.29) is 16.2 Å². The summed E-state index contributed by atoms with van der Waals surface area (Å²) in [6.07, 6.45) is 7.43. The van der Waals surface area contributed by atoms with Crippen LogP contribution >= 0.6 is 0 Å². The Kier molecular flexibility index (Phi) is 19.6. The maximum absolute atomic E-state index is 5.42. The fourth-order valence-electron chi connectivity index (χ4n) is 24.3. The topological polar surface area (TPSA) is 64.5 Å². The lowest BCUT2D eigenvalue weighted by molar-refractivity contribution is 0.660. The summed E-state index contributed by atoms with van der Waals surface area (Å²) in [6.45, 7) is 14.2. The highest BCUT2D eigenvalue weighted by molar-refractivity contribution is 6.26. The summed E-state index contributed by atoms with van der Waals surface area (Å²) >= 11 is 0. The van der Waals surface area contributed by atoms with E-state index in [9.17, 15) is 0 Å². The van der Waals surface area contributed by atoms with Crippen molar-refractivity contribution in [3.05, 3.63) is 501 Å². The molecule has 5 heteroatoms. The first-order chi connectivity index (χ1) is 70.2. The zero-order chi connectivity index (χ0) is 95.5. The second-order valence-corrected chi connectivity index (χ2v) is 40.3. The molecule has 0 saturated carbocycles. The molecule has 0 fully saturated rings. The van der Waals surface area contributed by atoms with E-state index in [0.717, 1.165) is 60.9 Å². The van der Waals surface area contributed by atoms with Crippen LogP contribution in [-0.4, -0.2) is 24.9 Å². The zero-order valence-corrected chi connectivity index (χ0v) is 80.2. The first kappa shape index (κ1) is 84.5. The fourth-order valence-corrected chi connectivity index (χ4v) is 24.3. The smallest absolute Gasteiger partial charge is 0.160 e. The Morgan fingerprint density at radius 1 is 0.154 bits per heavy atom. The van der Waals surface area contributed by atoms with E-state index in [1.807, 2.05) is 43.0 Å². The molecule has 0 saturated heterocycles. The molecule has 0 N–H and O–H groups in total. The van der Waals surface area contributed by atoms with Gasteiger partial charge in [0.25, 0.3) is 0 Å². The van der Waals surface area contributed by atoms with Crippen molar-refractivity contribution in [2.75, 3.05) is 0 Å². The molecule has 0 bridgehead atoms. The van der Waals surface area contributed by atoms with Crippen molar-refractivity contribution >= 4 is 119 Å². The SMILES string of the molecule is CC1(C)c2ccccc2-c2ccc(-c3c4ccccc4c(-c4ccc5ccc6cccnc6c5n4)c4ccc(-c5ccc6ccccc6c5)cc34)cc21.CC1(C)c2ccccc2-c2ccc(-c3c4ccccc4c(-c4ccccn4)c4ccc(-c5ccc6ccccc6c5)cc34)cc21.CC1(C)c2ccccc2-c2ccc(-c3c4ccccc4c(-c4ncccn4)c4ccc(-c5ccc6ccccc6c5)cc34)cc21. The first-order valence-corrected chi connectivity index (χ1v) is 49.7. The van der Waals surface area contributed by atoms with Crippen LogP contribution in [0.1, 0.15) is 74.9 Å². The molecule has 4 aromatic heterocycles. The first-order valence-electron chi connectivity index (χ1n) is 49.7. The summed E-state index contributed by atoms with van der Waals surface area (Å²) in [5, 5.41) is 24.1. The van der Waals surface area contributed by atoms with Crippen LogP contribution in [0.4, 0.5) is 0 Å². The third-order valence-electron chi connectivity index (χ3n) is 31.3. The van der Waals surface area contributed by atoms with E-state index < -0.39 is 0 Å². The van der Waals surface area contributed by atoms with Gasteiger partial charge in [0.2, 0.25) is 0 Å². The van der Waals surface area contributed by atoms with E-state index in [1.165, 1.54) is 225 Å². The zero-order valence-electron chi connectivity index (χ0n) is 80.2. The van der Waals surface area contributed by atoms with Gasteiger partial charge in [-0.25, -0.2) is 15.0 Å². The minimum atomic E-state index is -0.102. The monoisotopic (exact) mass is 1820 g/mol. The highest BCUT2D eigenvalue weighted by atomic mass is 14.9. The number of aromatic nitrogens is 5. The second-order valence-electron chi connectivity index (χ2n) is 40.3. The highest BCUT2D eigenvalue weighted by Gasteiger charge is 2.40. The Morgan fingerprint density at radius 3 is 0.853 bits per heavy atom. The molecule has 0 unspecified atom stereocenters. The van der Waals surface area contributed by atoms with Gasteiger partial charge in [-0.15, -0.1) is 0 Å². The molecule has 29 rings (SSSR count). The van der Waals surface area contributed by atoms with Gasteiger partial charge in [-0.2, -0.15) is 0 Å². The van der Waals surface area contributed by atoms with Crippen LogP contribution in [-0.2, 0) is 16.2 Å². The molecule has 26 aromatic rings. The number of benzene rings is 22. The van der Waals surface area contributed by atoms with Gasteiger partial charge in [0, 0.05) is 68.5 Å². The molecule has 0 aliphatic heterocycles. The van der Waals surface area contributed by atoms with Crippen molar-refractivity contribution in [2.45, 2.75) is 57.8 Å². The molecule has 3 aliphatic carbocycles. The van der Waals surface area contributed by atoms with E-state index >= 15 is 0 Å². The Labute approximate surface area is 830 Å². The van der Waals surface area contributed by atoms with Gasteiger partial charge in [-0.3, -0.25) is 9.97 Å². The molecule has 22 aromatic carbocycles. The summed E-state index contributed by atoms with van der Waals surface area (Å²) in [5.74, 6) is 0.745. The van der Waals surface area contributed by atoms with Gasteiger partial charge in [0.15, 0.2) is 5.82 Å². The molecule has 0 radical (unpaired) electrons. The molecular weight excluding hydrogens is 1730 g/mol. The van der Waals surface area contributed by atoms with Crippen molar-refractivity contribution in [1.29, 1.82) is 0 Å². The second kappa shape index (κ2) is 33.2. The lowest BCUT2D eigenvalue weighted by Crippen LogP contribution is -2.14. The molecule has 0 amide bonds. The molecule has 0 spiro atoms. The number of rotatable bonds is 9. The number of nitrogens with zero attached hydrogens (tertiary/aromatic N) is 5. The third kappa shape index (κ3) is 13.8. The number of hydrogen-bond donors (Lipinski definition) is 0. The lowest BCUT2D eigenvalue weighted by Gasteiger charge is -2.23. The van der Waals surface area contributed by atoms with Gasteiger partial charge in [0.1, 0.15) is 0 Å². The predicted molar refractivity (Wildman–Crippen MR) is 602 cm³/mol. The fraction of sp³-hybridized carbons (Fsp3) is 0.0652. The van der Waals surface area contributed by atoms with Crippen molar-refractivity contribution in [1.82, 2.24) is 24.9 Å². The minimum Gasteiger partial charge on any atom is -0.256 e. The van der Waals surface area contributed by atoms with Crippen LogP contribution in [0.5, 0.6) is 0 Å². The Balaban J connectivity index is 0.000000108. The Bertz CT molecular complexity index is 9480. The average Bonchev–Trinajstić information content (AvgIpc) is 1.71. The van der Waals surface area contributed by atoms with Gasteiger partial charge in [-0.05, 0) is 315 Å². The molecule has 5 nitrogen and oxygen atoms in total. The Hall–Kier alpha value is -17.8. The third-order valence-corrected chi connectivity index (χ3v) is 31.3. The van der Waals surface area contributed by atoms with E-state index in [1.54, 1.807) is 0 Å². The van der Waals surface area contributed by atoms with Gasteiger partial charge < -0.3 is 0 Å². The maximum atomic E-state index is 5.42. The summed E-state index contributed by atoms with van der Waals surface area (Å²) in [7, 11) is 0. The molecule has 143 heavy (non-hydrogen) atoms. The van der Waals surface area contributed by atoms with E-state index in [2.05, 4.69) is 466 Å². The summed E-state index contributed by atoms with van der Waals surface area (Å²) in [6, 6.07) is 162. The van der Waals surface area contributed by atoms with Crippen molar-refractivity contribution in [3.63, 3.8) is 0 Å². The molecule has 4 heterocycles. The van der Waals surface area contributed by atoms with Crippen LogP contribution in [0.25, 0.3) is 253 Å². The minimum absolute atomic E-state index is 0.0717. The molecule has 3 aliphatic rings. The van der Waals surface area contributed by atoms with Gasteiger partial charge >= 0.3 is 0 Å². The van der Waals surface area contributed by atoms with Crippen LogP contribution in [0, 0.1) is 0 Å². The molecule has 672 valence electrons. The van der Waals surface area contributed by atoms with E-state index in [0.29, 0.717) is 0 Å². The standard InChI is InChI=1S/C51H34N2.C44H31N.C43H30N2/c1-51(2)44-16-8-7-13-38(44)39-24-22-37(30-45(39)51)47-40-14-5-6-15-41(40)48(46-26-23-33-19-18-32-12-9-27-52-49(32)50(33)53-46)42-25-21-36(29-43(42)47)35-20-17-31-10-3-4-11-34(31)28-35;1-44(2)39-16-8-7-13-33(39)34-22-21-32(27-40(34)44)42-35-14-5-6-15-36(35)43(41-17-9-10-24-45-41)37-23-20-31(26-38(37)42)30-19-18-28-11-3-4-12-29(28)25-30;1-43(2)38-15-8-7-12-32(38)33-20-19-31(26-39(33)43)40-34-13-5-6-14-35(34)41(42-44-22-9-23-45-42)36-21-18-30(25-37(36)40)29-17-16-27-10-3-4-11-28(27)24-29/h3-30H,1-2H3;3-27H,1-2H3;3-26H,1-2H3.